The minimum absolute atomic E-state index is 0.00628. The van der Waals surface area contributed by atoms with Crippen LogP contribution in [-0.2, 0) is 4.79 Å². The minimum atomic E-state index is -0.324. The average Bonchev–Trinajstić information content (AvgIpc) is 3.00. The molecule has 4 nitrogen and oxygen atoms in total. The number of hydrogen-bond acceptors (Lipinski definition) is 3. The summed E-state index contributed by atoms with van der Waals surface area (Å²) in [5.41, 5.74) is 8.90. The fourth-order valence-electron chi connectivity index (χ4n) is 2.57. The summed E-state index contributed by atoms with van der Waals surface area (Å²) in [5.74, 6) is -0.338. The molecule has 114 valence electrons. The van der Waals surface area contributed by atoms with E-state index in [0.717, 1.165) is 16.8 Å². The van der Waals surface area contributed by atoms with Gasteiger partial charge in [-0.1, -0.05) is 30.3 Å². The Morgan fingerprint density at radius 3 is 2.59 bits per heavy atom. The molecule has 3 N–H and O–H groups in total. The summed E-state index contributed by atoms with van der Waals surface area (Å²) >= 11 is 0. The molecule has 0 aliphatic carbocycles. The van der Waals surface area contributed by atoms with Crippen molar-refractivity contribution < 1.29 is 9.18 Å². The van der Waals surface area contributed by atoms with Gasteiger partial charge in [0.2, 0.25) is 5.91 Å². The number of benzene rings is 2. The van der Waals surface area contributed by atoms with E-state index in [4.69, 9.17) is 0 Å². The number of carbonyl (C=O) groups excluding carboxylic acids is 1. The summed E-state index contributed by atoms with van der Waals surface area (Å²) in [7, 11) is 0. The first kappa shape index (κ1) is 14.7. The summed E-state index contributed by atoms with van der Waals surface area (Å²) in [6, 6.07) is 13.7. The third kappa shape index (κ3) is 3.16. The zero-order valence-electron chi connectivity index (χ0n) is 12.3. The minimum Gasteiger partial charge on any atom is -0.324 e. The number of amides is 1. The molecule has 1 amide bonds. The highest BCUT2D eigenvalue weighted by atomic mass is 19.1. The second-order valence-corrected chi connectivity index (χ2v) is 5.49. The number of aryl methyl sites for hydroxylation is 1. The molecule has 0 aromatic heterocycles. The Morgan fingerprint density at radius 2 is 1.86 bits per heavy atom. The van der Waals surface area contributed by atoms with Gasteiger partial charge in [0, 0.05) is 11.7 Å². The second kappa shape index (κ2) is 6.25. The Bertz CT molecular complexity index is 672. The molecule has 1 saturated heterocycles. The number of carbonyl (C=O) groups is 1. The van der Waals surface area contributed by atoms with Crippen molar-refractivity contribution in [2.45, 2.75) is 25.4 Å². The Balaban J connectivity index is 1.64. The van der Waals surface area contributed by atoms with Gasteiger partial charge in [-0.05, 0) is 42.7 Å². The highest BCUT2D eigenvalue weighted by Gasteiger charge is 2.30. The van der Waals surface area contributed by atoms with E-state index in [1.54, 1.807) is 12.1 Å². The quantitative estimate of drug-likeness (QED) is 0.817. The largest absolute Gasteiger partial charge is 0.324 e. The summed E-state index contributed by atoms with van der Waals surface area (Å²) in [4.78, 5) is 12.3. The summed E-state index contributed by atoms with van der Waals surface area (Å²) in [5, 5.41) is 2.93. The first-order valence-electron chi connectivity index (χ1n) is 7.26. The molecule has 22 heavy (non-hydrogen) atoms. The molecule has 1 fully saturated rings. The highest BCUT2D eigenvalue weighted by Crippen LogP contribution is 2.23. The van der Waals surface area contributed by atoms with Crippen molar-refractivity contribution in [1.82, 2.24) is 10.9 Å². The van der Waals surface area contributed by atoms with Crippen LogP contribution in [0.2, 0.25) is 0 Å². The van der Waals surface area contributed by atoms with Gasteiger partial charge in [0.1, 0.15) is 11.9 Å². The smallest absolute Gasteiger partial charge is 0.242 e. The maximum Gasteiger partial charge on any atom is 0.242 e. The van der Waals surface area contributed by atoms with E-state index in [-0.39, 0.29) is 23.8 Å². The van der Waals surface area contributed by atoms with Gasteiger partial charge in [-0.15, -0.1) is 0 Å². The van der Waals surface area contributed by atoms with E-state index in [0.29, 0.717) is 6.42 Å². The SMILES string of the molecule is Cc1ccccc1NC(=O)C1CC(c2ccc(F)cc2)NN1. The van der Waals surface area contributed by atoms with Crippen molar-refractivity contribution >= 4 is 11.6 Å². The van der Waals surface area contributed by atoms with Crippen molar-refractivity contribution in [1.29, 1.82) is 0 Å². The Kier molecular flexibility index (Phi) is 4.18. The van der Waals surface area contributed by atoms with Crippen molar-refractivity contribution in [2.24, 2.45) is 0 Å². The van der Waals surface area contributed by atoms with E-state index < -0.39 is 0 Å². The van der Waals surface area contributed by atoms with Crippen LogP contribution in [-0.4, -0.2) is 11.9 Å². The Morgan fingerprint density at radius 1 is 1.14 bits per heavy atom. The van der Waals surface area contributed by atoms with E-state index in [1.165, 1.54) is 12.1 Å². The topological polar surface area (TPSA) is 53.2 Å². The van der Waals surface area contributed by atoms with Crippen LogP contribution in [0.25, 0.3) is 0 Å². The molecule has 0 saturated carbocycles. The molecule has 2 aromatic rings. The zero-order chi connectivity index (χ0) is 15.5. The fourth-order valence-corrected chi connectivity index (χ4v) is 2.57. The van der Waals surface area contributed by atoms with Gasteiger partial charge in [0.25, 0.3) is 0 Å². The maximum absolute atomic E-state index is 13.0. The van der Waals surface area contributed by atoms with Gasteiger partial charge in [0.15, 0.2) is 0 Å². The van der Waals surface area contributed by atoms with Gasteiger partial charge in [-0.25, -0.2) is 15.2 Å². The van der Waals surface area contributed by atoms with Gasteiger partial charge in [0.05, 0.1) is 0 Å². The third-order valence-electron chi connectivity index (χ3n) is 3.89. The van der Waals surface area contributed by atoms with Crippen LogP contribution in [0.1, 0.15) is 23.6 Å². The maximum atomic E-state index is 13.0. The molecular weight excluding hydrogens is 281 g/mol. The van der Waals surface area contributed by atoms with Crippen LogP contribution >= 0.6 is 0 Å². The standard InChI is InChI=1S/C17H18FN3O/c1-11-4-2-3-5-14(11)19-17(22)16-10-15(20-21-16)12-6-8-13(18)9-7-12/h2-9,15-16,20-21H,10H2,1H3,(H,19,22). The van der Waals surface area contributed by atoms with Crippen LogP contribution in [0.4, 0.5) is 10.1 Å². The lowest BCUT2D eigenvalue weighted by molar-refractivity contribution is -0.117. The molecule has 3 rings (SSSR count). The van der Waals surface area contributed by atoms with Crippen LogP contribution in [0.15, 0.2) is 48.5 Å². The van der Waals surface area contributed by atoms with E-state index >= 15 is 0 Å². The van der Waals surface area contributed by atoms with Crippen molar-refractivity contribution in [2.75, 3.05) is 5.32 Å². The molecule has 5 heteroatoms. The second-order valence-electron chi connectivity index (χ2n) is 5.49. The molecule has 2 unspecified atom stereocenters. The molecule has 0 bridgehead atoms. The number of rotatable bonds is 3. The summed E-state index contributed by atoms with van der Waals surface area (Å²) in [6.07, 6.45) is 0.614. The summed E-state index contributed by atoms with van der Waals surface area (Å²) < 4.78 is 13.0. The van der Waals surface area contributed by atoms with E-state index in [2.05, 4.69) is 16.2 Å². The predicted molar refractivity (Wildman–Crippen MR) is 83.6 cm³/mol. The zero-order valence-corrected chi connectivity index (χ0v) is 12.3. The van der Waals surface area contributed by atoms with Crippen LogP contribution in [0.5, 0.6) is 0 Å². The number of hydrogen-bond donors (Lipinski definition) is 3. The monoisotopic (exact) mass is 299 g/mol. The van der Waals surface area contributed by atoms with Gasteiger partial charge < -0.3 is 5.32 Å². The fraction of sp³-hybridized carbons (Fsp3) is 0.235. The molecule has 2 aromatic carbocycles. The highest BCUT2D eigenvalue weighted by molar-refractivity contribution is 5.95. The first-order chi connectivity index (χ1) is 10.6. The number of nitrogens with one attached hydrogen (secondary N) is 3. The van der Waals surface area contributed by atoms with Gasteiger partial charge in [-0.3, -0.25) is 4.79 Å². The van der Waals surface area contributed by atoms with Crippen LogP contribution < -0.4 is 16.2 Å². The summed E-state index contributed by atoms with van der Waals surface area (Å²) in [6.45, 7) is 1.96. The van der Waals surface area contributed by atoms with Crippen molar-refractivity contribution in [3.05, 3.63) is 65.5 Å². The molecule has 1 aliphatic heterocycles. The lowest BCUT2D eigenvalue weighted by Gasteiger charge is -2.12. The molecule has 1 heterocycles. The van der Waals surface area contributed by atoms with E-state index in [1.807, 2.05) is 31.2 Å². The number of anilines is 1. The lowest BCUT2D eigenvalue weighted by Crippen LogP contribution is -2.39. The lowest BCUT2D eigenvalue weighted by atomic mass is 10.0. The number of para-hydroxylation sites is 1. The molecule has 2 atom stereocenters. The van der Waals surface area contributed by atoms with Crippen LogP contribution in [0, 0.1) is 12.7 Å². The predicted octanol–water partition coefficient (Wildman–Crippen LogP) is 2.68. The van der Waals surface area contributed by atoms with Crippen molar-refractivity contribution in [3.63, 3.8) is 0 Å². The average molecular weight is 299 g/mol. The van der Waals surface area contributed by atoms with Gasteiger partial charge in [-0.2, -0.15) is 0 Å². The molecular formula is C17H18FN3O. The van der Waals surface area contributed by atoms with Crippen molar-refractivity contribution in [3.8, 4) is 0 Å². The third-order valence-corrected chi connectivity index (χ3v) is 3.89. The van der Waals surface area contributed by atoms with Gasteiger partial charge >= 0.3 is 0 Å². The molecule has 0 radical (unpaired) electrons. The number of hydrazine groups is 1. The van der Waals surface area contributed by atoms with E-state index in [9.17, 15) is 9.18 Å². The molecule has 1 aliphatic rings. The molecule has 0 spiro atoms. The Labute approximate surface area is 128 Å². The van der Waals surface area contributed by atoms with Crippen LogP contribution in [0.3, 0.4) is 0 Å². The number of halogens is 1. The normalized spacial score (nSPS) is 20.8. The Hall–Kier alpha value is -2.24. The first-order valence-corrected chi connectivity index (χ1v) is 7.26.